The molecule has 3 heterocycles. The Balaban J connectivity index is 1.25. The van der Waals surface area contributed by atoms with Crippen LogP contribution in [-0.4, -0.2) is 32.9 Å². The van der Waals surface area contributed by atoms with Gasteiger partial charge in [0.2, 0.25) is 11.9 Å². The Bertz CT molecular complexity index is 1540. The Kier molecular flexibility index (Phi) is 5.29. The summed E-state index contributed by atoms with van der Waals surface area (Å²) in [6.45, 7) is 0.925. The van der Waals surface area contributed by atoms with Gasteiger partial charge in [0.05, 0.1) is 17.5 Å². The summed E-state index contributed by atoms with van der Waals surface area (Å²) >= 11 is 0. The Morgan fingerprint density at radius 1 is 0.971 bits per heavy atom. The maximum Gasteiger partial charge on any atom is 0.253 e. The number of imidazole rings is 1. The summed E-state index contributed by atoms with van der Waals surface area (Å²) < 4.78 is 1.93. The van der Waals surface area contributed by atoms with Crippen molar-refractivity contribution in [1.82, 2.24) is 19.9 Å². The second-order valence-corrected chi connectivity index (χ2v) is 8.85. The van der Waals surface area contributed by atoms with Crippen molar-refractivity contribution in [2.75, 3.05) is 11.4 Å². The number of aromatic nitrogens is 3. The molecule has 7 heteroatoms. The minimum Gasteiger partial charge on any atom is -0.361 e. The predicted molar refractivity (Wildman–Crippen MR) is 136 cm³/mol. The number of para-hydroxylation sites is 3. The van der Waals surface area contributed by atoms with Crippen molar-refractivity contribution in [3.8, 4) is 0 Å². The van der Waals surface area contributed by atoms with E-state index in [0.29, 0.717) is 25.5 Å². The Hall–Kier alpha value is -4.39. The van der Waals surface area contributed by atoms with Gasteiger partial charge >= 0.3 is 0 Å². The molecule has 6 rings (SSSR count). The summed E-state index contributed by atoms with van der Waals surface area (Å²) in [4.78, 5) is 36.2. The molecule has 174 valence electrons. The van der Waals surface area contributed by atoms with Crippen LogP contribution in [0.25, 0.3) is 21.9 Å². The number of carbonyl (C=O) groups is 2. The molecule has 0 aliphatic carbocycles. The fourth-order valence-electron chi connectivity index (χ4n) is 4.92. The molecule has 0 saturated carbocycles. The van der Waals surface area contributed by atoms with E-state index in [0.717, 1.165) is 33.1 Å². The van der Waals surface area contributed by atoms with Gasteiger partial charge < -0.3 is 10.3 Å². The fraction of sp³-hybridized carbons (Fsp3) is 0.179. The van der Waals surface area contributed by atoms with Crippen molar-refractivity contribution < 1.29 is 9.59 Å². The zero-order valence-electron chi connectivity index (χ0n) is 19.1. The molecule has 3 aromatic carbocycles. The van der Waals surface area contributed by atoms with E-state index in [2.05, 4.69) is 16.4 Å². The van der Waals surface area contributed by atoms with Gasteiger partial charge in [-0.15, -0.1) is 0 Å². The molecule has 1 aliphatic rings. The lowest BCUT2D eigenvalue weighted by molar-refractivity contribution is -0.127. The van der Waals surface area contributed by atoms with Crippen LogP contribution in [0, 0.1) is 0 Å². The van der Waals surface area contributed by atoms with Crippen molar-refractivity contribution in [3.63, 3.8) is 0 Å². The normalized spacial score (nSPS) is 15.1. The van der Waals surface area contributed by atoms with E-state index in [-0.39, 0.29) is 18.2 Å². The number of amides is 2. The second-order valence-electron chi connectivity index (χ2n) is 8.85. The Morgan fingerprint density at radius 3 is 2.63 bits per heavy atom. The molecule has 5 aromatic rings. The van der Waals surface area contributed by atoms with Crippen LogP contribution in [0.3, 0.4) is 0 Å². The van der Waals surface area contributed by atoms with Crippen LogP contribution >= 0.6 is 0 Å². The number of anilines is 1. The minimum atomic E-state index is -0.615. The summed E-state index contributed by atoms with van der Waals surface area (Å²) in [6, 6.07) is 25.1. The molecule has 2 N–H and O–H groups in total. The lowest BCUT2D eigenvalue weighted by Gasteiger charge is -2.16. The number of hydrogen-bond donors (Lipinski definition) is 2. The molecule has 0 saturated heterocycles. The van der Waals surface area contributed by atoms with E-state index in [1.165, 1.54) is 0 Å². The summed E-state index contributed by atoms with van der Waals surface area (Å²) in [5, 5.41) is 4.12. The van der Waals surface area contributed by atoms with Crippen molar-refractivity contribution in [1.29, 1.82) is 0 Å². The smallest absolute Gasteiger partial charge is 0.253 e. The zero-order valence-corrected chi connectivity index (χ0v) is 19.1. The first-order valence-electron chi connectivity index (χ1n) is 11.8. The highest BCUT2D eigenvalue weighted by atomic mass is 16.2. The number of aromatic amines is 1. The van der Waals surface area contributed by atoms with Crippen LogP contribution < -0.4 is 10.2 Å². The van der Waals surface area contributed by atoms with E-state index in [1.54, 1.807) is 4.90 Å². The van der Waals surface area contributed by atoms with Crippen LogP contribution in [0.2, 0.25) is 0 Å². The molecule has 35 heavy (non-hydrogen) atoms. The molecule has 1 unspecified atom stereocenters. The Labute approximate surface area is 202 Å². The van der Waals surface area contributed by atoms with Crippen molar-refractivity contribution in [2.45, 2.75) is 25.4 Å². The molecule has 0 fully saturated rings. The monoisotopic (exact) mass is 463 g/mol. The number of nitrogens with one attached hydrogen (secondary N) is 2. The number of carbonyl (C=O) groups excluding carboxylic acids is 2. The van der Waals surface area contributed by atoms with Crippen LogP contribution in [0.1, 0.15) is 23.6 Å². The predicted octanol–water partition coefficient (Wildman–Crippen LogP) is 4.35. The van der Waals surface area contributed by atoms with Crippen molar-refractivity contribution in [2.24, 2.45) is 0 Å². The maximum absolute atomic E-state index is 13.6. The van der Waals surface area contributed by atoms with E-state index in [9.17, 15) is 9.59 Å². The number of nitrogens with zero attached hydrogens (tertiary/aromatic N) is 3. The number of hydrogen-bond acceptors (Lipinski definition) is 3. The molecule has 1 aliphatic heterocycles. The van der Waals surface area contributed by atoms with Gasteiger partial charge in [0.1, 0.15) is 6.04 Å². The topological polar surface area (TPSA) is 83.0 Å². The van der Waals surface area contributed by atoms with Crippen molar-refractivity contribution in [3.05, 3.63) is 96.2 Å². The third-order valence-electron chi connectivity index (χ3n) is 6.67. The summed E-state index contributed by atoms with van der Waals surface area (Å²) in [5.74, 6) is 0.360. The molecule has 0 bridgehead atoms. The van der Waals surface area contributed by atoms with E-state index in [4.69, 9.17) is 4.98 Å². The first-order chi connectivity index (χ1) is 17.2. The van der Waals surface area contributed by atoms with Crippen molar-refractivity contribution >= 4 is 39.7 Å². The van der Waals surface area contributed by atoms with Gasteiger partial charge in [0, 0.05) is 30.2 Å². The average Bonchev–Trinajstić information content (AvgIpc) is 3.55. The van der Waals surface area contributed by atoms with Gasteiger partial charge in [-0.3, -0.25) is 19.1 Å². The van der Waals surface area contributed by atoms with Gasteiger partial charge in [-0.25, -0.2) is 4.98 Å². The average molecular weight is 464 g/mol. The highest BCUT2D eigenvalue weighted by Gasteiger charge is 2.40. The maximum atomic E-state index is 13.6. The lowest BCUT2D eigenvalue weighted by atomic mass is 10.1. The molecule has 0 radical (unpaired) electrons. The standard InChI is InChI=1S/C28H25N5O2/c34-26(30-17-19-8-2-1-3-9-19)16-25-27(35)32(28-31-23-12-6-7-13-24(23)33(25)28)15-14-20-18-29-22-11-5-4-10-21(20)22/h1-13,18,25,29H,14-17H2,(H,30,34). The largest absolute Gasteiger partial charge is 0.361 e. The summed E-state index contributed by atoms with van der Waals surface area (Å²) in [5.41, 5.74) is 4.94. The molecule has 0 spiro atoms. The molecule has 1 atom stereocenters. The first kappa shape index (κ1) is 21.2. The molecule has 2 aromatic heterocycles. The fourth-order valence-corrected chi connectivity index (χ4v) is 4.92. The second kappa shape index (κ2) is 8.76. The van der Waals surface area contributed by atoms with Gasteiger partial charge in [-0.05, 0) is 35.7 Å². The van der Waals surface area contributed by atoms with E-state index in [1.807, 2.05) is 83.6 Å². The minimum absolute atomic E-state index is 0.0720. The van der Waals surface area contributed by atoms with Crippen LogP contribution in [0.5, 0.6) is 0 Å². The van der Waals surface area contributed by atoms with Crippen LogP contribution in [0.15, 0.2) is 85.1 Å². The first-order valence-corrected chi connectivity index (χ1v) is 11.8. The summed E-state index contributed by atoms with van der Waals surface area (Å²) in [7, 11) is 0. The van der Waals surface area contributed by atoms with Crippen LogP contribution in [-0.2, 0) is 22.6 Å². The molecular formula is C28H25N5O2. The highest BCUT2D eigenvalue weighted by molar-refractivity contribution is 6.03. The molecular weight excluding hydrogens is 438 g/mol. The lowest BCUT2D eigenvalue weighted by Crippen LogP contribution is -2.34. The van der Waals surface area contributed by atoms with E-state index >= 15 is 0 Å². The zero-order chi connectivity index (χ0) is 23.8. The number of H-pyrrole nitrogens is 1. The molecule has 7 nitrogen and oxygen atoms in total. The number of benzene rings is 3. The highest BCUT2D eigenvalue weighted by Crippen LogP contribution is 2.36. The van der Waals surface area contributed by atoms with Gasteiger partial charge in [-0.1, -0.05) is 60.7 Å². The quantitative estimate of drug-likeness (QED) is 0.376. The third-order valence-corrected chi connectivity index (χ3v) is 6.67. The van der Waals surface area contributed by atoms with Gasteiger partial charge in [-0.2, -0.15) is 0 Å². The SMILES string of the molecule is O=C(CC1C(=O)N(CCc2c[nH]c3ccccc23)c2nc3ccccc3n21)NCc1ccccc1. The number of rotatable bonds is 7. The van der Waals surface area contributed by atoms with E-state index < -0.39 is 6.04 Å². The van der Waals surface area contributed by atoms with Gasteiger partial charge in [0.15, 0.2) is 0 Å². The molecule has 2 amide bonds. The van der Waals surface area contributed by atoms with Crippen LogP contribution in [0.4, 0.5) is 5.95 Å². The Morgan fingerprint density at radius 2 is 1.74 bits per heavy atom. The van der Waals surface area contributed by atoms with Gasteiger partial charge in [0.25, 0.3) is 5.91 Å². The third kappa shape index (κ3) is 3.85. The number of fused-ring (bicyclic) bond motifs is 4. The summed E-state index contributed by atoms with van der Waals surface area (Å²) in [6.07, 6.45) is 2.76.